The Kier molecular flexibility index (Phi) is 4.71. The zero-order chi connectivity index (χ0) is 14.5. The Morgan fingerprint density at radius 3 is 2.55 bits per heavy atom. The molecule has 1 amide bonds. The summed E-state index contributed by atoms with van der Waals surface area (Å²) in [6.45, 7) is 7.57. The van der Waals surface area contributed by atoms with Crippen LogP contribution in [0.5, 0.6) is 5.75 Å². The van der Waals surface area contributed by atoms with Crippen molar-refractivity contribution in [2.75, 3.05) is 43.4 Å². The molecule has 1 heterocycles. The zero-order valence-electron chi connectivity index (χ0n) is 12.3. The molecule has 0 unspecified atom stereocenters. The first-order valence-corrected chi connectivity index (χ1v) is 7.14. The molecular formula is C15H23N3O2. The average Bonchev–Trinajstić information content (AvgIpc) is 2.44. The molecule has 1 aliphatic rings. The average molecular weight is 277 g/mol. The summed E-state index contributed by atoms with van der Waals surface area (Å²) in [5.41, 5.74) is 7.72. The molecule has 5 heteroatoms. The van der Waals surface area contributed by atoms with Gasteiger partial charge in [-0.1, -0.05) is 6.92 Å². The molecule has 110 valence electrons. The molecule has 1 saturated heterocycles. The molecule has 1 aliphatic heterocycles. The maximum Gasteiger partial charge on any atom is 0.219 e. The van der Waals surface area contributed by atoms with Gasteiger partial charge < -0.3 is 20.3 Å². The predicted molar refractivity (Wildman–Crippen MR) is 81.1 cm³/mol. The van der Waals surface area contributed by atoms with Gasteiger partial charge in [-0.15, -0.1) is 0 Å². The highest BCUT2D eigenvalue weighted by atomic mass is 16.5. The fraction of sp³-hybridized carbons (Fsp3) is 0.533. The Labute approximate surface area is 120 Å². The number of ether oxygens (including phenoxy) is 1. The Bertz CT molecular complexity index is 468. The highest BCUT2D eigenvalue weighted by Crippen LogP contribution is 2.26. The number of hydrogen-bond donors (Lipinski definition) is 1. The predicted octanol–water partition coefficient (Wildman–Crippen LogP) is 1.73. The van der Waals surface area contributed by atoms with Crippen molar-refractivity contribution in [3.05, 3.63) is 18.2 Å². The molecular weight excluding hydrogens is 254 g/mol. The molecule has 2 rings (SSSR count). The fourth-order valence-electron chi connectivity index (χ4n) is 2.37. The first-order chi connectivity index (χ1) is 9.60. The maximum atomic E-state index is 11.3. The number of anilines is 2. The van der Waals surface area contributed by atoms with E-state index >= 15 is 0 Å². The lowest BCUT2D eigenvalue weighted by molar-refractivity contribution is -0.129. The van der Waals surface area contributed by atoms with Crippen molar-refractivity contribution in [3.8, 4) is 5.75 Å². The van der Waals surface area contributed by atoms with Crippen LogP contribution in [0.15, 0.2) is 18.2 Å². The van der Waals surface area contributed by atoms with Crippen molar-refractivity contribution >= 4 is 17.3 Å². The number of carbonyl (C=O) groups is 1. The van der Waals surface area contributed by atoms with Gasteiger partial charge in [0.25, 0.3) is 0 Å². The van der Waals surface area contributed by atoms with Crippen LogP contribution in [0.4, 0.5) is 11.4 Å². The van der Waals surface area contributed by atoms with E-state index in [0.29, 0.717) is 12.3 Å². The lowest BCUT2D eigenvalue weighted by Crippen LogP contribution is -2.48. The zero-order valence-corrected chi connectivity index (χ0v) is 12.3. The fourth-order valence-corrected chi connectivity index (χ4v) is 2.37. The van der Waals surface area contributed by atoms with Crippen LogP contribution in [0.2, 0.25) is 0 Å². The van der Waals surface area contributed by atoms with E-state index in [9.17, 15) is 4.79 Å². The van der Waals surface area contributed by atoms with E-state index in [2.05, 4.69) is 11.8 Å². The van der Waals surface area contributed by atoms with Gasteiger partial charge in [-0.05, 0) is 12.5 Å². The first-order valence-electron chi connectivity index (χ1n) is 7.14. The van der Waals surface area contributed by atoms with Crippen molar-refractivity contribution in [2.45, 2.75) is 20.3 Å². The number of nitrogens with zero attached hydrogens (tertiary/aromatic N) is 2. The molecule has 1 fully saturated rings. The number of nitrogens with two attached hydrogens (primary N) is 1. The molecule has 1 aromatic carbocycles. The largest absolute Gasteiger partial charge is 0.493 e. The van der Waals surface area contributed by atoms with Gasteiger partial charge in [0, 0.05) is 56.6 Å². The molecule has 20 heavy (non-hydrogen) atoms. The third-order valence-corrected chi connectivity index (χ3v) is 3.48. The molecule has 2 N–H and O–H groups in total. The van der Waals surface area contributed by atoms with Crippen LogP contribution in [-0.4, -0.2) is 43.6 Å². The van der Waals surface area contributed by atoms with Crippen LogP contribution in [-0.2, 0) is 4.79 Å². The summed E-state index contributed by atoms with van der Waals surface area (Å²) in [7, 11) is 0. The third-order valence-electron chi connectivity index (χ3n) is 3.48. The highest BCUT2D eigenvalue weighted by Gasteiger charge is 2.19. The van der Waals surface area contributed by atoms with Crippen molar-refractivity contribution in [3.63, 3.8) is 0 Å². The molecule has 0 aromatic heterocycles. The molecule has 0 spiro atoms. The normalized spacial score (nSPS) is 15.3. The van der Waals surface area contributed by atoms with Crippen molar-refractivity contribution in [1.29, 1.82) is 0 Å². The minimum atomic E-state index is 0.143. The van der Waals surface area contributed by atoms with Gasteiger partial charge in [-0.3, -0.25) is 4.79 Å². The van der Waals surface area contributed by atoms with E-state index in [1.807, 2.05) is 23.1 Å². The number of carbonyl (C=O) groups excluding carboxylic acids is 1. The van der Waals surface area contributed by atoms with E-state index in [1.54, 1.807) is 6.92 Å². The standard InChI is InChI=1S/C15H23N3O2/c1-3-8-20-15-10-13(16)9-14(11-15)18-6-4-17(5-7-18)12(2)19/h9-11H,3-8,16H2,1-2H3. The lowest BCUT2D eigenvalue weighted by Gasteiger charge is -2.35. The molecule has 0 radical (unpaired) electrons. The minimum absolute atomic E-state index is 0.143. The first kappa shape index (κ1) is 14.5. The summed E-state index contributed by atoms with van der Waals surface area (Å²) in [5.74, 6) is 0.958. The second-order valence-corrected chi connectivity index (χ2v) is 5.10. The van der Waals surface area contributed by atoms with Gasteiger partial charge in [0.1, 0.15) is 5.75 Å². The van der Waals surface area contributed by atoms with E-state index < -0.39 is 0 Å². The molecule has 5 nitrogen and oxygen atoms in total. The van der Waals surface area contributed by atoms with E-state index in [1.165, 1.54) is 0 Å². The number of amides is 1. The number of benzene rings is 1. The second-order valence-electron chi connectivity index (χ2n) is 5.10. The van der Waals surface area contributed by atoms with E-state index in [0.717, 1.165) is 44.0 Å². The summed E-state index contributed by atoms with van der Waals surface area (Å²) >= 11 is 0. The topological polar surface area (TPSA) is 58.8 Å². The van der Waals surface area contributed by atoms with Gasteiger partial charge in [-0.25, -0.2) is 0 Å². The number of hydrogen-bond acceptors (Lipinski definition) is 4. The number of piperazine rings is 1. The van der Waals surface area contributed by atoms with E-state index in [4.69, 9.17) is 10.5 Å². The highest BCUT2D eigenvalue weighted by molar-refractivity contribution is 5.73. The van der Waals surface area contributed by atoms with Gasteiger partial charge in [0.2, 0.25) is 5.91 Å². The Balaban J connectivity index is 2.05. The number of rotatable bonds is 4. The van der Waals surface area contributed by atoms with Crippen LogP contribution < -0.4 is 15.4 Å². The summed E-state index contributed by atoms with van der Waals surface area (Å²) in [6.07, 6.45) is 0.974. The SMILES string of the molecule is CCCOc1cc(N)cc(N2CCN(C(C)=O)CC2)c1. The van der Waals surface area contributed by atoms with Gasteiger partial charge in [-0.2, -0.15) is 0 Å². The summed E-state index contributed by atoms with van der Waals surface area (Å²) < 4.78 is 5.66. The monoisotopic (exact) mass is 277 g/mol. The summed E-state index contributed by atoms with van der Waals surface area (Å²) in [6, 6.07) is 5.84. The smallest absolute Gasteiger partial charge is 0.219 e. The van der Waals surface area contributed by atoms with Crippen LogP contribution in [0, 0.1) is 0 Å². The van der Waals surface area contributed by atoms with Gasteiger partial charge >= 0.3 is 0 Å². The van der Waals surface area contributed by atoms with Crippen LogP contribution >= 0.6 is 0 Å². The second kappa shape index (κ2) is 6.50. The summed E-state index contributed by atoms with van der Waals surface area (Å²) in [4.78, 5) is 15.5. The van der Waals surface area contributed by atoms with Gasteiger partial charge in [0.05, 0.1) is 6.61 Å². The Hall–Kier alpha value is -1.91. The Morgan fingerprint density at radius 1 is 1.25 bits per heavy atom. The van der Waals surface area contributed by atoms with Crippen molar-refractivity contribution < 1.29 is 9.53 Å². The number of nitrogen functional groups attached to an aromatic ring is 1. The Morgan fingerprint density at radius 2 is 1.95 bits per heavy atom. The molecule has 0 saturated carbocycles. The molecule has 1 aromatic rings. The van der Waals surface area contributed by atoms with Crippen LogP contribution in [0.25, 0.3) is 0 Å². The van der Waals surface area contributed by atoms with Crippen LogP contribution in [0.3, 0.4) is 0 Å². The molecule has 0 aliphatic carbocycles. The third kappa shape index (κ3) is 3.56. The van der Waals surface area contributed by atoms with Crippen LogP contribution in [0.1, 0.15) is 20.3 Å². The summed E-state index contributed by atoms with van der Waals surface area (Å²) in [5, 5.41) is 0. The quantitative estimate of drug-likeness (QED) is 0.851. The lowest BCUT2D eigenvalue weighted by atomic mass is 10.2. The molecule has 0 bridgehead atoms. The maximum absolute atomic E-state index is 11.3. The minimum Gasteiger partial charge on any atom is -0.493 e. The van der Waals surface area contributed by atoms with Gasteiger partial charge in [0.15, 0.2) is 0 Å². The van der Waals surface area contributed by atoms with Crippen molar-refractivity contribution in [1.82, 2.24) is 4.90 Å². The molecule has 0 atom stereocenters. The van der Waals surface area contributed by atoms with Crippen molar-refractivity contribution in [2.24, 2.45) is 0 Å². The van der Waals surface area contributed by atoms with E-state index in [-0.39, 0.29) is 5.91 Å².